The van der Waals surface area contributed by atoms with Gasteiger partial charge in [-0.1, -0.05) is 23.7 Å². The molecule has 0 bridgehead atoms. The zero-order valence-electron chi connectivity index (χ0n) is 17.5. The summed E-state index contributed by atoms with van der Waals surface area (Å²) in [6.45, 7) is 11.1. The van der Waals surface area contributed by atoms with Crippen molar-refractivity contribution < 1.29 is 14.3 Å². The number of carbonyl (C=O) groups excluding carboxylic acids is 1. The molecule has 0 aromatic heterocycles. The van der Waals surface area contributed by atoms with Crippen molar-refractivity contribution >= 4 is 17.7 Å². The first-order valence-electron chi connectivity index (χ1n) is 10.3. The van der Waals surface area contributed by atoms with Gasteiger partial charge in [0.25, 0.3) is 0 Å². The lowest BCUT2D eigenvalue weighted by molar-refractivity contribution is -0.0799. The van der Waals surface area contributed by atoms with E-state index < -0.39 is 5.60 Å². The van der Waals surface area contributed by atoms with Gasteiger partial charge in [-0.25, -0.2) is 4.79 Å². The molecule has 1 aromatic rings. The van der Waals surface area contributed by atoms with Gasteiger partial charge in [-0.2, -0.15) is 0 Å². The molecule has 1 aromatic carbocycles. The van der Waals surface area contributed by atoms with E-state index in [0.717, 1.165) is 50.5 Å². The molecule has 3 rings (SSSR count). The summed E-state index contributed by atoms with van der Waals surface area (Å²) in [5.74, 6) is 0. The number of hydrogen-bond donors (Lipinski definition) is 0. The van der Waals surface area contributed by atoms with E-state index in [0.29, 0.717) is 12.1 Å². The number of likely N-dealkylation sites (tertiary alicyclic amines) is 1. The molecule has 0 radical (unpaired) electrons. The predicted molar refractivity (Wildman–Crippen MR) is 112 cm³/mol. The fourth-order valence-electron chi connectivity index (χ4n) is 4.09. The molecule has 0 spiro atoms. The molecule has 0 aliphatic carbocycles. The number of amides is 1. The van der Waals surface area contributed by atoms with Crippen molar-refractivity contribution in [2.45, 2.75) is 70.7 Å². The van der Waals surface area contributed by atoms with Crippen LogP contribution in [0.15, 0.2) is 24.3 Å². The highest BCUT2D eigenvalue weighted by Crippen LogP contribution is 2.26. The predicted octanol–water partition coefficient (Wildman–Crippen LogP) is 4.37. The minimum Gasteiger partial charge on any atom is -0.444 e. The molecule has 0 N–H and O–H groups in total. The average molecular weight is 409 g/mol. The standard InChI is InChI=1S/C22H33ClN2O3/c1-16-14-25(20(15-27-16)13-17-5-7-18(23)8-6-17)19-9-11-24(12-10-19)21(26)28-22(2,3)4/h5-8,16,19-20H,9-15H2,1-4H3/t16-,20+/m1/s1. The van der Waals surface area contributed by atoms with Crippen molar-refractivity contribution in [3.8, 4) is 0 Å². The van der Waals surface area contributed by atoms with Crippen molar-refractivity contribution in [3.63, 3.8) is 0 Å². The normalized spacial score (nSPS) is 25.0. The van der Waals surface area contributed by atoms with Gasteiger partial charge in [0.2, 0.25) is 0 Å². The number of ether oxygens (including phenoxy) is 2. The van der Waals surface area contributed by atoms with Crippen molar-refractivity contribution in [2.24, 2.45) is 0 Å². The van der Waals surface area contributed by atoms with Crippen LogP contribution >= 0.6 is 11.6 Å². The molecular formula is C22H33ClN2O3. The Balaban J connectivity index is 1.60. The number of hydrogen-bond acceptors (Lipinski definition) is 4. The highest BCUT2D eigenvalue weighted by molar-refractivity contribution is 6.30. The number of nitrogens with zero attached hydrogens (tertiary/aromatic N) is 2. The monoisotopic (exact) mass is 408 g/mol. The lowest BCUT2D eigenvalue weighted by Gasteiger charge is -2.46. The summed E-state index contributed by atoms with van der Waals surface area (Å²) >= 11 is 6.03. The number of rotatable bonds is 3. The minimum atomic E-state index is -0.447. The molecule has 28 heavy (non-hydrogen) atoms. The Morgan fingerprint density at radius 3 is 2.46 bits per heavy atom. The summed E-state index contributed by atoms with van der Waals surface area (Å²) in [4.78, 5) is 16.8. The Labute approximate surface area is 173 Å². The van der Waals surface area contributed by atoms with Crippen LogP contribution in [-0.2, 0) is 15.9 Å². The van der Waals surface area contributed by atoms with Crippen LogP contribution in [0.1, 0.15) is 46.1 Å². The maximum atomic E-state index is 12.3. The molecule has 0 unspecified atom stereocenters. The molecule has 2 aliphatic rings. The smallest absolute Gasteiger partial charge is 0.410 e. The Bertz CT molecular complexity index is 651. The summed E-state index contributed by atoms with van der Waals surface area (Å²) in [5, 5.41) is 0.767. The number of morpholine rings is 1. The van der Waals surface area contributed by atoms with Gasteiger partial charge in [-0.3, -0.25) is 4.90 Å². The van der Waals surface area contributed by atoms with Crippen LogP contribution in [0.4, 0.5) is 4.79 Å². The maximum absolute atomic E-state index is 12.3. The molecule has 6 heteroatoms. The quantitative estimate of drug-likeness (QED) is 0.744. The first-order chi connectivity index (χ1) is 13.2. The fraction of sp³-hybridized carbons (Fsp3) is 0.682. The van der Waals surface area contributed by atoms with Gasteiger partial charge in [-0.05, 0) is 64.7 Å². The maximum Gasteiger partial charge on any atom is 0.410 e. The van der Waals surface area contributed by atoms with Crippen LogP contribution in [-0.4, -0.2) is 65.9 Å². The summed E-state index contributed by atoms with van der Waals surface area (Å²) < 4.78 is 11.5. The molecule has 2 atom stereocenters. The Kier molecular flexibility index (Phi) is 6.89. The van der Waals surface area contributed by atoms with E-state index in [1.807, 2.05) is 37.8 Å². The number of piperidine rings is 1. The van der Waals surface area contributed by atoms with Crippen molar-refractivity contribution in [1.29, 1.82) is 0 Å². The summed E-state index contributed by atoms with van der Waals surface area (Å²) in [6.07, 6.45) is 2.95. The Hall–Kier alpha value is -1.30. The average Bonchev–Trinajstić information content (AvgIpc) is 2.64. The van der Waals surface area contributed by atoms with Crippen molar-refractivity contribution in [2.75, 3.05) is 26.2 Å². The minimum absolute atomic E-state index is 0.195. The molecule has 2 saturated heterocycles. The lowest BCUT2D eigenvalue weighted by Crippen LogP contribution is -2.57. The summed E-state index contributed by atoms with van der Waals surface area (Å²) in [6, 6.07) is 8.94. The Morgan fingerprint density at radius 2 is 1.86 bits per heavy atom. The first-order valence-corrected chi connectivity index (χ1v) is 10.7. The van der Waals surface area contributed by atoms with Crippen LogP contribution in [0, 0.1) is 0 Å². The third-order valence-corrected chi connectivity index (χ3v) is 5.73. The molecule has 1 amide bonds. The van der Waals surface area contributed by atoms with Gasteiger partial charge in [0.05, 0.1) is 12.7 Å². The number of halogens is 1. The van der Waals surface area contributed by atoms with E-state index in [2.05, 4.69) is 24.0 Å². The van der Waals surface area contributed by atoms with Crippen molar-refractivity contribution in [3.05, 3.63) is 34.9 Å². The second-order valence-corrected chi connectivity index (χ2v) is 9.46. The van der Waals surface area contributed by atoms with Gasteiger partial charge in [0, 0.05) is 36.7 Å². The molecule has 2 heterocycles. The fourth-order valence-corrected chi connectivity index (χ4v) is 4.22. The third kappa shape index (κ3) is 5.85. The molecule has 0 saturated carbocycles. The zero-order valence-corrected chi connectivity index (χ0v) is 18.2. The van der Waals surface area contributed by atoms with Crippen LogP contribution in [0.3, 0.4) is 0 Å². The van der Waals surface area contributed by atoms with E-state index >= 15 is 0 Å². The van der Waals surface area contributed by atoms with Gasteiger partial charge < -0.3 is 14.4 Å². The van der Waals surface area contributed by atoms with E-state index in [9.17, 15) is 4.79 Å². The van der Waals surface area contributed by atoms with Crippen LogP contribution in [0.5, 0.6) is 0 Å². The van der Waals surface area contributed by atoms with Crippen LogP contribution < -0.4 is 0 Å². The third-order valence-electron chi connectivity index (χ3n) is 5.48. The van der Waals surface area contributed by atoms with Gasteiger partial charge in [0.15, 0.2) is 0 Å². The molecular weight excluding hydrogens is 376 g/mol. The zero-order chi connectivity index (χ0) is 20.3. The highest BCUT2D eigenvalue weighted by atomic mass is 35.5. The largest absolute Gasteiger partial charge is 0.444 e. The van der Waals surface area contributed by atoms with Crippen molar-refractivity contribution in [1.82, 2.24) is 9.80 Å². The second-order valence-electron chi connectivity index (χ2n) is 9.02. The lowest BCUT2D eigenvalue weighted by atomic mass is 9.96. The van der Waals surface area contributed by atoms with Gasteiger partial charge in [0.1, 0.15) is 5.60 Å². The van der Waals surface area contributed by atoms with Gasteiger partial charge in [-0.15, -0.1) is 0 Å². The number of benzene rings is 1. The summed E-state index contributed by atoms with van der Waals surface area (Å²) in [5.41, 5.74) is 0.834. The Morgan fingerprint density at radius 1 is 1.21 bits per heavy atom. The first kappa shape index (κ1) is 21.4. The van der Waals surface area contributed by atoms with Crippen LogP contribution in [0.2, 0.25) is 5.02 Å². The SMILES string of the molecule is C[C@@H]1CN(C2CCN(C(=O)OC(C)(C)C)CC2)[C@@H](Cc2ccc(Cl)cc2)CO1. The van der Waals surface area contributed by atoms with E-state index in [4.69, 9.17) is 21.1 Å². The second kappa shape index (κ2) is 9.02. The number of carbonyl (C=O) groups is 1. The molecule has 2 fully saturated rings. The summed E-state index contributed by atoms with van der Waals surface area (Å²) in [7, 11) is 0. The van der Waals surface area contributed by atoms with E-state index in [-0.39, 0.29) is 12.2 Å². The molecule has 156 valence electrons. The van der Waals surface area contributed by atoms with Gasteiger partial charge >= 0.3 is 6.09 Å². The molecule has 5 nitrogen and oxygen atoms in total. The highest BCUT2D eigenvalue weighted by Gasteiger charge is 2.35. The van der Waals surface area contributed by atoms with E-state index in [1.54, 1.807) is 0 Å². The topological polar surface area (TPSA) is 42.0 Å². The van der Waals surface area contributed by atoms with Crippen LogP contribution in [0.25, 0.3) is 0 Å². The molecule has 2 aliphatic heterocycles. The van der Waals surface area contributed by atoms with E-state index in [1.165, 1.54) is 5.56 Å².